The van der Waals surface area contributed by atoms with Gasteiger partial charge in [0.2, 0.25) is 10.0 Å². The molecular weight excluding hydrogens is 302 g/mol. The highest BCUT2D eigenvalue weighted by atomic mass is 35.5. The summed E-state index contributed by atoms with van der Waals surface area (Å²) >= 11 is 5.70. The predicted molar refractivity (Wildman–Crippen MR) is 76.3 cm³/mol. The molecule has 0 fully saturated rings. The maximum absolute atomic E-state index is 12.1. The Balaban J connectivity index is 3.13. The molecule has 0 saturated carbocycles. The lowest BCUT2D eigenvalue weighted by Gasteiger charge is -2.15. The molecule has 0 aromatic heterocycles. The third-order valence-electron chi connectivity index (χ3n) is 2.66. The minimum absolute atomic E-state index is 0.0212. The van der Waals surface area contributed by atoms with Crippen molar-refractivity contribution in [3.8, 4) is 12.3 Å². The topological polar surface area (TPSA) is 83.5 Å². The monoisotopic (exact) mass is 315 g/mol. The van der Waals surface area contributed by atoms with Crippen molar-refractivity contribution in [1.29, 1.82) is 0 Å². The minimum Gasteiger partial charge on any atom is -0.478 e. The first-order chi connectivity index (χ1) is 9.31. The molecule has 20 heavy (non-hydrogen) atoms. The fraction of sp³-hybridized carbons (Fsp3) is 0.308. The molecule has 0 bridgehead atoms. The Morgan fingerprint density at radius 3 is 2.70 bits per heavy atom. The fourth-order valence-corrected chi connectivity index (χ4v) is 3.08. The Hall–Kier alpha value is -1.55. The number of carbonyl (C=O) groups is 1. The van der Waals surface area contributed by atoms with E-state index < -0.39 is 22.0 Å². The van der Waals surface area contributed by atoms with Crippen molar-refractivity contribution < 1.29 is 18.3 Å². The van der Waals surface area contributed by atoms with Crippen LogP contribution in [-0.2, 0) is 10.0 Å². The van der Waals surface area contributed by atoms with Gasteiger partial charge in [-0.3, -0.25) is 0 Å². The van der Waals surface area contributed by atoms with E-state index >= 15 is 0 Å². The van der Waals surface area contributed by atoms with E-state index in [4.69, 9.17) is 23.1 Å². The van der Waals surface area contributed by atoms with Crippen molar-refractivity contribution in [2.75, 3.05) is 0 Å². The zero-order chi connectivity index (χ0) is 15.3. The van der Waals surface area contributed by atoms with Gasteiger partial charge in [-0.1, -0.05) is 18.5 Å². The summed E-state index contributed by atoms with van der Waals surface area (Å²) < 4.78 is 26.7. The molecule has 0 aliphatic rings. The summed E-state index contributed by atoms with van der Waals surface area (Å²) in [4.78, 5) is 10.8. The van der Waals surface area contributed by atoms with Gasteiger partial charge in [-0.15, -0.1) is 12.3 Å². The number of terminal acetylenes is 1. The van der Waals surface area contributed by atoms with Gasteiger partial charge in [-0.2, -0.15) is 0 Å². The van der Waals surface area contributed by atoms with Crippen molar-refractivity contribution in [2.24, 2.45) is 0 Å². The van der Waals surface area contributed by atoms with Gasteiger partial charge in [0.25, 0.3) is 0 Å². The van der Waals surface area contributed by atoms with Crippen LogP contribution < -0.4 is 4.72 Å². The van der Waals surface area contributed by atoms with Crippen molar-refractivity contribution in [3.05, 3.63) is 28.8 Å². The van der Waals surface area contributed by atoms with Crippen LogP contribution in [0.5, 0.6) is 0 Å². The van der Waals surface area contributed by atoms with Crippen LogP contribution in [-0.4, -0.2) is 25.5 Å². The van der Waals surface area contributed by atoms with E-state index in [1.165, 1.54) is 12.1 Å². The molecule has 0 spiro atoms. The number of carboxylic acid groups (broad SMARTS) is 1. The second kappa shape index (κ2) is 6.75. The van der Waals surface area contributed by atoms with Crippen molar-refractivity contribution in [3.63, 3.8) is 0 Å². The van der Waals surface area contributed by atoms with Crippen molar-refractivity contribution >= 4 is 27.6 Å². The molecule has 5 nitrogen and oxygen atoms in total. The van der Waals surface area contributed by atoms with Crippen LogP contribution in [0.15, 0.2) is 23.1 Å². The minimum atomic E-state index is -3.83. The van der Waals surface area contributed by atoms with Crippen LogP contribution in [0.25, 0.3) is 0 Å². The van der Waals surface area contributed by atoms with Crippen LogP contribution in [0.2, 0.25) is 5.02 Å². The number of hydrogen-bond donors (Lipinski definition) is 2. The maximum Gasteiger partial charge on any atom is 0.337 e. The van der Waals surface area contributed by atoms with Crippen LogP contribution in [0.4, 0.5) is 0 Å². The zero-order valence-corrected chi connectivity index (χ0v) is 12.3. The second-order valence-electron chi connectivity index (χ2n) is 4.08. The number of sulfonamides is 1. The van der Waals surface area contributed by atoms with E-state index in [0.29, 0.717) is 6.42 Å². The maximum atomic E-state index is 12.1. The van der Waals surface area contributed by atoms with E-state index in [1.807, 2.05) is 0 Å². The van der Waals surface area contributed by atoms with Crippen LogP contribution in [0, 0.1) is 12.3 Å². The molecule has 0 aliphatic heterocycles. The molecule has 1 atom stereocenters. The Bertz CT molecular complexity index is 649. The normalized spacial score (nSPS) is 12.7. The number of rotatable bonds is 6. The number of nitrogens with one attached hydrogen (secondary N) is 1. The van der Waals surface area contributed by atoms with Gasteiger partial charge >= 0.3 is 5.97 Å². The molecule has 0 radical (unpaired) electrons. The lowest BCUT2D eigenvalue weighted by atomic mass is 10.2. The molecular formula is C13H14ClNO4S. The smallest absolute Gasteiger partial charge is 0.337 e. The first-order valence-electron chi connectivity index (χ1n) is 5.80. The first kappa shape index (κ1) is 16.5. The van der Waals surface area contributed by atoms with Gasteiger partial charge in [0.1, 0.15) is 0 Å². The third kappa shape index (κ3) is 3.97. The van der Waals surface area contributed by atoms with Crippen molar-refractivity contribution in [2.45, 2.75) is 30.7 Å². The van der Waals surface area contributed by atoms with E-state index in [2.05, 4.69) is 10.6 Å². The van der Waals surface area contributed by atoms with Crippen LogP contribution in [0.1, 0.15) is 30.1 Å². The number of benzene rings is 1. The van der Waals surface area contributed by atoms with Gasteiger partial charge in [0.15, 0.2) is 0 Å². The number of hydrogen-bond acceptors (Lipinski definition) is 3. The van der Waals surface area contributed by atoms with E-state index in [-0.39, 0.29) is 21.9 Å². The van der Waals surface area contributed by atoms with Gasteiger partial charge in [-0.25, -0.2) is 17.9 Å². The van der Waals surface area contributed by atoms with E-state index in [1.54, 1.807) is 6.92 Å². The van der Waals surface area contributed by atoms with Gasteiger partial charge < -0.3 is 5.11 Å². The molecule has 2 N–H and O–H groups in total. The standard InChI is InChI=1S/C13H14ClNO4S/c1-3-5-9(4-2)15-20(18,19)10-6-7-12(14)11(8-10)13(16)17/h1,6-9,15H,4-5H2,2H3,(H,16,17). The molecule has 0 heterocycles. The molecule has 0 saturated heterocycles. The summed E-state index contributed by atoms with van der Waals surface area (Å²) in [6.07, 6.45) is 5.96. The molecule has 1 aromatic rings. The van der Waals surface area contributed by atoms with Gasteiger partial charge in [0, 0.05) is 12.5 Å². The number of carboxylic acids is 1. The predicted octanol–water partition coefficient (Wildman–Crippen LogP) is 2.12. The third-order valence-corrected chi connectivity index (χ3v) is 4.51. The molecule has 0 amide bonds. The van der Waals surface area contributed by atoms with Crippen LogP contribution in [0.3, 0.4) is 0 Å². The SMILES string of the molecule is C#CCC(CC)NS(=O)(=O)c1ccc(Cl)c(C(=O)O)c1. The molecule has 7 heteroatoms. The first-order valence-corrected chi connectivity index (χ1v) is 7.66. The summed E-state index contributed by atoms with van der Waals surface area (Å²) in [5.74, 6) is 1.10. The Labute approximate surface area is 123 Å². The van der Waals surface area contributed by atoms with Gasteiger partial charge in [0.05, 0.1) is 15.5 Å². The largest absolute Gasteiger partial charge is 0.478 e. The zero-order valence-electron chi connectivity index (χ0n) is 10.8. The summed E-state index contributed by atoms with van der Waals surface area (Å²) in [5.41, 5.74) is -0.264. The molecule has 1 unspecified atom stereocenters. The highest BCUT2D eigenvalue weighted by Crippen LogP contribution is 2.21. The molecule has 1 rings (SSSR count). The number of aromatic carboxylic acids is 1. The second-order valence-corrected chi connectivity index (χ2v) is 6.20. The summed E-state index contributed by atoms with van der Waals surface area (Å²) in [5, 5.41) is 8.92. The summed E-state index contributed by atoms with van der Waals surface area (Å²) in [7, 11) is -3.83. The Morgan fingerprint density at radius 2 is 2.20 bits per heavy atom. The van der Waals surface area contributed by atoms with Crippen molar-refractivity contribution in [1.82, 2.24) is 4.72 Å². The van der Waals surface area contributed by atoms with Crippen LogP contribution >= 0.6 is 11.6 Å². The lowest BCUT2D eigenvalue weighted by Crippen LogP contribution is -2.34. The highest BCUT2D eigenvalue weighted by Gasteiger charge is 2.21. The van der Waals surface area contributed by atoms with E-state index in [9.17, 15) is 13.2 Å². The number of halogens is 1. The quantitative estimate of drug-likeness (QED) is 0.788. The average Bonchev–Trinajstić information content (AvgIpc) is 2.37. The highest BCUT2D eigenvalue weighted by molar-refractivity contribution is 7.89. The lowest BCUT2D eigenvalue weighted by molar-refractivity contribution is 0.0697. The Morgan fingerprint density at radius 1 is 1.55 bits per heavy atom. The van der Waals surface area contributed by atoms with Gasteiger partial charge in [-0.05, 0) is 24.6 Å². The molecule has 108 valence electrons. The molecule has 0 aliphatic carbocycles. The average molecular weight is 316 g/mol. The van der Waals surface area contributed by atoms with E-state index in [0.717, 1.165) is 6.07 Å². The molecule has 1 aromatic carbocycles. The summed E-state index contributed by atoms with van der Waals surface area (Å²) in [6.45, 7) is 1.80. The fourth-order valence-electron chi connectivity index (χ4n) is 1.53. The Kier molecular flexibility index (Phi) is 5.57. The summed E-state index contributed by atoms with van der Waals surface area (Å²) in [6, 6.07) is 3.12.